The van der Waals surface area contributed by atoms with E-state index in [1.165, 1.54) is 6.42 Å². The summed E-state index contributed by atoms with van der Waals surface area (Å²) in [6, 6.07) is 7.28. The largest absolute Gasteiger partial charge is 0.294 e. The second-order valence-corrected chi connectivity index (χ2v) is 5.23. The van der Waals surface area contributed by atoms with E-state index in [0.29, 0.717) is 10.8 Å². The van der Waals surface area contributed by atoms with E-state index >= 15 is 0 Å². The van der Waals surface area contributed by atoms with Gasteiger partial charge >= 0.3 is 0 Å². The first-order valence-corrected chi connectivity index (χ1v) is 5.91. The lowest BCUT2D eigenvalue weighted by molar-refractivity contribution is 0.0914. The molecule has 15 heavy (non-hydrogen) atoms. The summed E-state index contributed by atoms with van der Waals surface area (Å²) in [6.45, 7) is 0. The summed E-state index contributed by atoms with van der Waals surface area (Å²) in [5, 5.41) is 0.695. The number of carbonyl (C=O) groups is 1. The molecule has 0 aliphatic heterocycles. The first kappa shape index (κ1) is 9.41. The molecule has 1 aromatic carbocycles. The van der Waals surface area contributed by atoms with Crippen LogP contribution in [0, 0.1) is 17.8 Å². The van der Waals surface area contributed by atoms with Crippen molar-refractivity contribution >= 4 is 17.4 Å². The highest BCUT2D eigenvalue weighted by Crippen LogP contribution is 2.54. The van der Waals surface area contributed by atoms with E-state index in [-0.39, 0.29) is 5.92 Å². The zero-order chi connectivity index (χ0) is 10.4. The lowest BCUT2D eigenvalue weighted by atomic mass is 9.93. The number of benzene rings is 1. The van der Waals surface area contributed by atoms with E-state index in [1.54, 1.807) is 12.1 Å². The maximum atomic E-state index is 12.1. The van der Waals surface area contributed by atoms with Crippen molar-refractivity contribution in [3.63, 3.8) is 0 Å². The van der Waals surface area contributed by atoms with Crippen molar-refractivity contribution in [2.45, 2.75) is 19.3 Å². The average molecular weight is 221 g/mol. The number of rotatable bonds is 2. The van der Waals surface area contributed by atoms with Gasteiger partial charge in [-0.05, 0) is 55.4 Å². The molecule has 0 radical (unpaired) electrons. The van der Waals surface area contributed by atoms with Crippen LogP contribution in [0.1, 0.15) is 29.6 Å². The fraction of sp³-hybridized carbons (Fsp3) is 0.462. The van der Waals surface area contributed by atoms with Crippen LogP contribution >= 0.6 is 11.6 Å². The smallest absolute Gasteiger partial charge is 0.165 e. The summed E-state index contributed by atoms with van der Waals surface area (Å²) in [5.41, 5.74) is 0.825. The molecule has 1 nitrogen and oxygen atoms in total. The minimum atomic E-state index is 0.287. The summed E-state index contributed by atoms with van der Waals surface area (Å²) >= 11 is 5.79. The Morgan fingerprint density at radius 2 is 1.67 bits per heavy atom. The van der Waals surface area contributed by atoms with Crippen LogP contribution in [0.2, 0.25) is 5.02 Å². The molecular weight excluding hydrogens is 208 g/mol. The lowest BCUT2D eigenvalue weighted by Gasteiger charge is -2.10. The third-order valence-corrected chi connectivity index (χ3v) is 4.00. The van der Waals surface area contributed by atoms with Crippen LogP contribution in [0.4, 0.5) is 0 Å². The van der Waals surface area contributed by atoms with Gasteiger partial charge in [-0.25, -0.2) is 0 Å². The normalized spacial score (nSPS) is 32.5. The van der Waals surface area contributed by atoms with Crippen molar-refractivity contribution in [1.82, 2.24) is 0 Å². The highest BCUT2D eigenvalue weighted by atomic mass is 35.5. The van der Waals surface area contributed by atoms with Gasteiger partial charge in [-0.15, -0.1) is 0 Å². The van der Waals surface area contributed by atoms with E-state index in [2.05, 4.69) is 0 Å². The number of fused-ring (bicyclic) bond motifs is 1. The van der Waals surface area contributed by atoms with Crippen molar-refractivity contribution in [2.24, 2.45) is 17.8 Å². The van der Waals surface area contributed by atoms with Gasteiger partial charge in [0.15, 0.2) is 5.78 Å². The van der Waals surface area contributed by atoms with Crippen LogP contribution in [0.5, 0.6) is 0 Å². The molecular formula is C13H13ClO. The summed E-state index contributed by atoms with van der Waals surface area (Å²) in [4.78, 5) is 12.1. The van der Waals surface area contributed by atoms with Crippen LogP contribution in [-0.4, -0.2) is 5.78 Å². The van der Waals surface area contributed by atoms with Crippen molar-refractivity contribution in [1.29, 1.82) is 0 Å². The second-order valence-electron chi connectivity index (χ2n) is 4.80. The molecule has 2 heteroatoms. The van der Waals surface area contributed by atoms with Crippen molar-refractivity contribution < 1.29 is 4.79 Å². The Balaban J connectivity index is 1.76. The van der Waals surface area contributed by atoms with Gasteiger partial charge in [0, 0.05) is 16.5 Å². The predicted octanol–water partition coefficient (Wildman–Crippen LogP) is 3.57. The molecule has 0 heterocycles. The van der Waals surface area contributed by atoms with Crippen LogP contribution in [0.25, 0.3) is 0 Å². The van der Waals surface area contributed by atoms with Gasteiger partial charge in [0.25, 0.3) is 0 Å². The van der Waals surface area contributed by atoms with Crippen LogP contribution in [0.15, 0.2) is 24.3 Å². The van der Waals surface area contributed by atoms with Crippen LogP contribution in [0.3, 0.4) is 0 Å². The van der Waals surface area contributed by atoms with Gasteiger partial charge in [-0.1, -0.05) is 11.6 Å². The summed E-state index contributed by atoms with van der Waals surface area (Å²) in [6.07, 6.45) is 3.60. The Morgan fingerprint density at radius 3 is 2.27 bits per heavy atom. The van der Waals surface area contributed by atoms with E-state index in [4.69, 9.17) is 11.6 Å². The van der Waals surface area contributed by atoms with E-state index in [1.807, 2.05) is 12.1 Å². The Labute approximate surface area is 94.4 Å². The molecule has 2 unspecified atom stereocenters. The first-order chi connectivity index (χ1) is 7.24. The highest BCUT2D eigenvalue weighted by molar-refractivity contribution is 6.30. The molecule has 2 aliphatic rings. The topological polar surface area (TPSA) is 17.1 Å². The minimum Gasteiger partial charge on any atom is -0.294 e. The second kappa shape index (κ2) is 3.34. The Bertz CT molecular complexity index is 386. The zero-order valence-electron chi connectivity index (χ0n) is 8.45. The van der Waals surface area contributed by atoms with E-state index < -0.39 is 0 Å². The summed E-state index contributed by atoms with van der Waals surface area (Å²) in [7, 11) is 0. The number of carbonyl (C=O) groups excluding carboxylic acids is 1. The first-order valence-electron chi connectivity index (χ1n) is 5.54. The van der Waals surface area contributed by atoms with Gasteiger partial charge in [0.1, 0.15) is 0 Å². The number of hydrogen-bond acceptors (Lipinski definition) is 1. The van der Waals surface area contributed by atoms with Crippen LogP contribution in [-0.2, 0) is 0 Å². The molecule has 0 N–H and O–H groups in total. The average Bonchev–Trinajstić information content (AvgIpc) is 2.86. The molecule has 2 saturated carbocycles. The van der Waals surface area contributed by atoms with Gasteiger partial charge in [-0.2, -0.15) is 0 Å². The molecule has 0 spiro atoms. The minimum absolute atomic E-state index is 0.287. The molecule has 0 bridgehead atoms. The standard InChI is InChI=1S/C13H13ClO/c14-12-3-1-8(2-4-12)13(15)11-6-9-5-10(9)7-11/h1-4,9-11H,5-7H2. The van der Waals surface area contributed by atoms with E-state index in [0.717, 1.165) is 30.2 Å². The van der Waals surface area contributed by atoms with Gasteiger partial charge < -0.3 is 0 Å². The lowest BCUT2D eigenvalue weighted by Crippen LogP contribution is -2.12. The summed E-state index contributed by atoms with van der Waals surface area (Å²) in [5.74, 6) is 2.34. The third-order valence-electron chi connectivity index (χ3n) is 3.74. The van der Waals surface area contributed by atoms with Crippen LogP contribution < -0.4 is 0 Å². The van der Waals surface area contributed by atoms with Gasteiger partial charge in [0.2, 0.25) is 0 Å². The third kappa shape index (κ3) is 1.69. The van der Waals surface area contributed by atoms with Gasteiger partial charge in [-0.3, -0.25) is 4.79 Å². The zero-order valence-corrected chi connectivity index (χ0v) is 9.20. The monoisotopic (exact) mass is 220 g/mol. The fourth-order valence-corrected chi connectivity index (χ4v) is 2.90. The van der Waals surface area contributed by atoms with Gasteiger partial charge in [0.05, 0.1) is 0 Å². The molecule has 2 atom stereocenters. The molecule has 3 rings (SSSR count). The Hall–Kier alpha value is -0.820. The molecule has 1 aromatic rings. The predicted molar refractivity (Wildman–Crippen MR) is 60.1 cm³/mol. The number of hydrogen-bond donors (Lipinski definition) is 0. The summed E-state index contributed by atoms with van der Waals surface area (Å²) < 4.78 is 0. The number of halogens is 1. The number of ketones is 1. The maximum absolute atomic E-state index is 12.1. The fourth-order valence-electron chi connectivity index (χ4n) is 2.78. The van der Waals surface area contributed by atoms with Crippen molar-refractivity contribution in [3.05, 3.63) is 34.9 Å². The van der Waals surface area contributed by atoms with Crippen molar-refractivity contribution in [3.8, 4) is 0 Å². The Morgan fingerprint density at radius 1 is 1.07 bits per heavy atom. The molecule has 2 aliphatic carbocycles. The SMILES string of the molecule is O=C(c1ccc(Cl)cc1)C1CC2CC2C1. The molecule has 0 aromatic heterocycles. The number of Topliss-reactive ketones (excluding diaryl/α,β-unsaturated/α-hetero) is 1. The van der Waals surface area contributed by atoms with Crippen molar-refractivity contribution in [2.75, 3.05) is 0 Å². The quantitative estimate of drug-likeness (QED) is 0.697. The molecule has 78 valence electrons. The maximum Gasteiger partial charge on any atom is 0.165 e. The van der Waals surface area contributed by atoms with E-state index in [9.17, 15) is 4.79 Å². The Kier molecular flexibility index (Phi) is 2.10. The molecule has 0 saturated heterocycles. The molecule has 0 amide bonds. The molecule has 2 fully saturated rings. The highest BCUT2D eigenvalue weighted by Gasteiger charge is 2.47.